The van der Waals surface area contributed by atoms with Crippen molar-refractivity contribution in [2.24, 2.45) is 0 Å². The molecule has 0 bridgehead atoms. The molecule has 28 heavy (non-hydrogen) atoms. The summed E-state index contributed by atoms with van der Waals surface area (Å²) in [6.45, 7) is 8.02. The minimum Gasteiger partial charge on any atom is -0.332 e. The van der Waals surface area contributed by atoms with Gasteiger partial charge in [0.2, 0.25) is 0 Å². The first-order valence-corrected chi connectivity index (χ1v) is 11.1. The number of carbonyl (C=O) groups excluding carboxylic acids is 3. The van der Waals surface area contributed by atoms with Crippen molar-refractivity contribution in [3.63, 3.8) is 0 Å². The maximum atomic E-state index is 13.0. The summed E-state index contributed by atoms with van der Waals surface area (Å²) in [4.78, 5) is 38.1. The van der Waals surface area contributed by atoms with Gasteiger partial charge in [-0.05, 0) is 42.9 Å². The monoisotopic (exact) mass is 402 g/mol. The first-order chi connectivity index (χ1) is 13.2. The summed E-state index contributed by atoms with van der Waals surface area (Å²) >= 11 is 1.82. The van der Waals surface area contributed by atoms with Gasteiger partial charge in [-0.3, -0.25) is 9.69 Å². The van der Waals surface area contributed by atoms with Gasteiger partial charge in [-0.1, -0.05) is 39.3 Å². The minimum atomic E-state index is -0.283. The number of nitrogens with one attached hydrogen (secondary N) is 1. The highest BCUT2D eigenvalue weighted by Gasteiger charge is 2.50. The van der Waals surface area contributed by atoms with Crippen molar-refractivity contribution in [2.45, 2.75) is 76.1 Å². The molecule has 152 valence electrons. The number of fused-ring (bicyclic) bond motifs is 1. The predicted octanol–water partition coefficient (Wildman–Crippen LogP) is 4.15. The van der Waals surface area contributed by atoms with E-state index >= 15 is 0 Å². The number of nitrogens with zero attached hydrogens (tertiary/aromatic N) is 1. The number of rotatable bonds is 6. The largest absolute Gasteiger partial charge is 0.332 e. The van der Waals surface area contributed by atoms with Crippen molar-refractivity contribution < 1.29 is 14.4 Å². The van der Waals surface area contributed by atoms with E-state index in [2.05, 4.69) is 26.1 Å². The molecule has 6 heteroatoms. The van der Waals surface area contributed by atoms with E-state index in [4.69, 9.17) is 0 Å². The number of imide groups is 1. The zero-order chi connectivity index (χ0) is 20.5. The Morgan fingerprint density at radius 2 is 1.86 bits per heavy atom. The molecular formula is C22H30N2O3S. The number of thioether (sulfide) groups is 1. The molecule has 0 aromatic heterocycles. The molecule has 2 heterocycles. The fraction of sp³-hybridized carbons (Fsp3) is 0.591. The number of hydrogen-bond donors (Lipinski definition) is 1. The predicted molar refractivity (Wildman–Crippen MR) is 113 cm³/mol. The molecule has 0 saturated carbocycles. The molecule has 2 fully saturated rings. The first kappa shape index (κ1) is 20.9. The van der Waals surface area contributed by atoms with E-state index < -0.39 is 0 Å². The van der Waals surface area contributed by atoms with Crippen LogP contribution < -0.4 is 5.32 Å². The number of ketones is 1. The normalized spacial score (nSPS) is 24.2. The molecule has 1 aromatic rings. The van der Waals surface area contributed by atoms with Crippen molar-refractivity contribution >= 4 is 29.5 Å². The van der Waals surface area contributed by atoms with Crippen LogP contribution in [-0.2, 0) is 10.2 Å². The van der Waals surface area contributed by atoms with Gasteiger partial charge in [0.15, 0.2) is 0 Å². The van der Waals surface area contributed by atoms with Gasteiger partial charge in [-0.25, -0.2) is 4.79 Å². The van der Waals surface area contributed by atoms with Crippen molar-refractivity contribution in [1.82, 2.24) is 10.2 Å². The maximum absolute atomic E-state index is 13.0. The summed E-state index contributed by atoms with van der Waals surface area (Å²) < 4.78 is 0. The molecule has 0 spiro atoms. The Bertz CT molecular complexity index is 754. The second-order valence-corrected chi connectivity index (χ2v) is 10.1. The van der Waals surface area contributed by atoms with E-state index in [1.165, 1.54) is 4.90 Å². The van der Waals surface area contributed by atoms with Gasteiger partial charge in [-0.2, -0.15) is 11.8 Å². The van der Waals surface area contributed by atoms with Gasteiger partial charge in [-0.15, -0.1) is 0 Å². The molecule has 0 radical (unpaired) electrons. The lowest BCUT2D eigenvalue weighted by atomic mass is 9.86. The summed E-state index contributed by atoms with van der Waals surface area (Å²) in [5.74, 6) is 0.774. The zero-order valence-corrected chi connectivity index (χ0v) is 18.0. The fourth-order valence-corrected chi connectivity index (χ4v) is 5.53. The summed E-state index contributed by atoms with van der Waals surface area (Å²) in [6, 6.07) is 7.22. The van der Waals surface area contributed by atoms with Gasteiger partial charge in [0.25, 0.3) is 5.91 Å². The Balaban J connectivity index is 1.65. The average molecular weight is 403 g/mol. The number of hydrogen-bond acceptors (Lipinski definition) is 4. The smallest absolute Gasteiger partial charge is 0.325 e. The van der Waals surface area contributed by atoms with Crippen molar-refractivity contribution in [2.75, 3.05) is 5.75 Å². The van der Waals surface area contributed by atoms with Gasteiger partial charge < -0.3 is 10.1 Å². The van der Waals surface area contributed by atoms with Crippen LogP contribution in [0.1, 0.15) is 69.3 Å². The van der Waals surface area contributed by atoms with E-state index in [0.717, 1.165) is 30.6 Å². The third-order valence-corrected chi connectivity index (χ3v) is 7.11. The van der Waals surface area contributed by atoms with Crippen LogP contribution in [0.4, 0.5) is 4.79 Å². The molecule has 1 aromatic carbocycles. The molecule has 3 atom stereocenters. The lowest BCUT2D eigenvalue weighted by molar-refractivity contribution is -0.117. The summed E-state index contributed by atoms with van der Waals surface area (Å²) in [7, 11) is 0. The highest BCUT2D eigenvalue weighted by atomic mass is 32.2. The van der Waals surface area contributed by atoms with Crippen LogP contribution in [0.3, 0.4) is 0 Å². The Kier molecular flexibility index (Phi) is 6.18. The Labute approximate surface area is 171 Å². The number of Topliss-reactive ketones (excluding diaryl/α,β-unsaturated/α-hetero) is 1. The Morgan fingerprint density at radius 3 is 2.46 bits per heavy atom. The molecular weight excluding hydrogens is 372 g/mol. The molecule has 2 aliphatic rings. The highest BCUT2D eigenvalue weighted by Crippen LogP contribution is 2.37. The molecule has 0 unspecified atom stereocenters. The maximum Gasteiger partial charge on any atom is 0.325 e. The van der Waals surface area contributed by atoms with Crippen molar-refractivity contribution in [1.29, 1.82) is 0 Å². The fourth-order valence-electron chi connectivity index (χ4n) is 3.94. The number of amides is 3. The Hall–Kier alpha value is -1.82. The second kappa shape index (κ2) is 8.27. The van der Waals surface area contributed by atoms with Crippen LogP contribution >= 0.6 is 11.8 Å². The van der Waals surface area contributed by atoms with Crippen molar-refractivity contribution in [3.05, 3.63) is 35.4 Å². The van der Waals surface area contributed by atoms with Gasteiger partial charge in [0.1, 0.15) is 5.78 Å². The lowest BCUT2D eigenvalue weighted by Crippen LogP contribution is -2.41. The van der Waals surface area contributed by atoms with E-state index in [0.29, 0.717) is 17.2 Å². The highest BCUT2D eigenvalue weighted by molar-refractivity contribution is 8.00. The van der Waals surface area contributed by atoms with Gasteiger partial charge in [0, 0.05) is 23.0 Å². The molecule has 3 amide bonds. The summed E-state index contributed by atoms with van der Waals surface area (Å²) in [5, 5.41) is 3.34. The van der Waals surface area contributed by atoms with Crippen LogP contribution in [0.25, 0.3) is 0 Å². The van der Waals surface area contributed by atoms with Gasteiger partial charge >= 0.3 is 6.03 Å². The summed E-state index contributed by atoms with van der Waals surface area (Å²) in [6.07, 6.45) is 3.44. The number of benzene rings is 1. The number of unbranched alkanes of at least 4 members (excludes halogenated alkanes) is 1. The van der Waals surface area contributed by atoms with E-state index in [1.807, 2.05) is 36.0 Å². The molecule has 0 aliphatic carbocycles. The summed E-state index contributed by atoms with van der Waals surface area (Å²) in [5.41, 5.74) is 1.74. The van der Waals surface area contributed by atoms with Crippen LogP contribution in [0.2, 0.25) is 0 Å². The zero-order valence-electron chi connectivity index (χ0n) is 17.2. The molecule has 2 saturated heterocycles. The quantitative estimate of drug-likeness (QED) is 0.573. The van der Waals surface area contributed by atoms with Crippen LogP contribution in [0, 0.1) is 0 Å². The van der Waals surface area contributed by atoms with E-state index in [9.17, 15) is 14.4 Å². The average Bonchev–Trinajstić information content (AvgIpc) is 3.15. The molecule has 1 N–H and O–H groups in total. The third-order valence-electron chi connectivity index (χ3n) is 5.62. The lowest BCUT2D eigenvalue weighted by Gasteiger charge is -2.22. The van der Waals surface area contributed by atoms with E-state index in [-0.39, 0.29) is 35.2 Å². The number of carbonyl (C=O) groups is 3. The number of urea groups is 1. The minimum absolute atomic E-state index is 0.00706. The third kappa shape index (κ3) is 4.43. The van der Waals surface area contributed by atoms with Crippen LogP contribution in [0.5, 0.6) is 0 Å². The van der Waals surface area contributed by atoms with Crippen LogP contribution in [-0.4, -0.2) is 45.7 Å². The second-order valence-electron chi connectivity index (χ2n) is 8.86. The molecule has 5 nitrogen and oxygen atoms in total. The van der Waals surface area contributed by atoms with Gasteiger partial charge in [0.05, 0.1) is 12.1 Å². The standard InChI is InChI=1S/C22H30N2O3S/c1-14(25)7-5-6-8-18-19-17(13-28-18)24(21(27)23-19)20(26)15-9-11-16(12-10-15)22(2,3)4/h9-12,17-19H,5-8,13H2,1-4H3,(H,23,27)/t17-,18-,19-/m0/s1. The first-order valence-electron chi connectivity index (χ1n) is 10.0. The molecule has 2 aliphatic heterocycles. The van der Waals surface area contributed by atoms with E-state index in [1.54, 1.807) is 6.92 Å². The SMILES string of the molecule is CC(=O)CCCC[C@@H]1SC[C@H]2[C@@H]1NC(=O)N2C(=O)c1ccc(C(C)(C)C)cc1. The topological polar surface area (TPSA) is 66.5 Å². The van der Waals surface area contributed by atoms with Crippen molar-refractivity contribution in [3.8, 4) is 0 Å². The Morgan fingerprint density at radius 1 is 1.18 bits per heavy atom. The van der Waals surface area contributed by atoms with Crippen LogP contribution in [0.15, 0.2) is 24.3 Å². The molecule has 3 rings (SSSR count).